The Bertz CT molecular complexity index is 479. The van der Waals surface area contributed by atoms with Crippen molar-refractivity contribution in [2.24, 2.45) is 0 Å². The number of carbonyl (C=O) groups is 1. The SMILES string of the molecule is Cc1ccc(C)c(CN2CCC(OCCC(=O)O)CC2)c1. The van der Waals surface area contributed by atoms with Gasteiger partial charge >= 0.3 is 5.97 Å². The van der Waals surface area contributed by atoms with E-state index in [1.807, 2.05) is 0 Å². The highest BCUT2D eigenvalue weighted by atomic mass is 16.5. The first kappa shape index (κ1) is 16.0. The van der Waals surface area contributed by atoms with Crippen molar-refractivity contribution in [1.29, 1.82) is 0 Å². The molecular weight excluding hydrogens is 266 g/mol. The summed E-state index contributed by atoms with van der Waals surface area (Å²) < 4.78 is 5.63. The number of likely N-dealkylation sites (tertiary alicyclic amines) is 1. The van der Waals surface area contributed by atoms with Crippen molar-refractivity contribution in [3.63, 3.8) is 0 Å². The molecule has 0 radical (unpaired) electrons. The minimum atomic E-state index is -0.789. The lowest BCUT2D eigenvalue weighted by molar-refractivity contribution is -0.138. The van der Waals surface area contributed by atoms with E-state index in [0.29, 0.717) is 6.61 Å². The zero-order valence-electron chi connectivity index (χ0n) is 13.0. The van der Waals surface area contributed by atoms with Gasteiger partial charge in [-0.1, -0.05) is 23.8 Å². The van der Waals surface area contributed by atoms with Crippen LogP contribution in [-0.4, -0.2) is 41.8 Å². The normalized spacial score (nSPS) is 17.0. The van der Waals surface area contributed by atoms with E-state index < -0.39 is 5.97 Å². The fraction of sp³-hybridized carbons (Fsp3) is 0.588. The van der Waals surface area contributed by atoms with E-state index in [4.69, 9.17) is 9.84 Å². The molecule has 0 aliphatic carbocycles. The fourth-order valence-corrected chi connectivity index (χ4v) is 2.76. The Labute approximate surface area is 126 Å². The van der Waals surface area contributed by atoms with E-state index in [1.54, 1.807) is 0 Å². The van der Waals surface area contributed by atoms with Gasteiger partial charge in [-0.3, -0.25) is 9.69 Å². The van der Waals surface area contributed by atoms with Gasteiger partial charge in [-0.15, -0.1) is 0 Å². The molecular formula is C17H25NO3. The summed E-state index contributed by atoms with van der Waals surface area (Å²) in [7, 11) is 0. The predicted molar refractivity (Wildman–Crippen MR) is 82.4 cm³/mol. The van der Waals surface area contributed by atoms with Crippen molar-refractivity contribution >= 4 is 5.97 Å². The fourth-order valence-electron chi connectivity index (χ4n) is 2.76. The van der Waals surface area contributed by atoms with E-state index in [9.17, 15) is 4.79 Å². The third-order valence-electron chi connectivity index (χ3n) is 4.10. The van der Waals surface area contributed by atoms with Crippen LogP contribution in [0.15, 0.2) is 18.2 Å². The van der Waals surface area contributed by atoms with Crippen molar-refractivity contribution in [3.8, 4) is 0 Å². The van der Waals surface area contributed by atoms with Crippen LogP contribution >= 0.6 is 0 Å². The zero-order chi connectivity index (χ0) is 15.2. The lowest BCUT2D eigenvalue weighted by atomic mass is 10.0. The van der Waals surface area contributed by atoms with Crippen molar-refractivity contribution in [2.45, 2.75) is 45.8 Å². The van der Waals surface area contributed by atoms with Crippen LogP contribution in [0, 0.1) is 13.8 Å². The second kappa shape index (κ2) is 7.57. The Morgan fingerprint density at radius 3 is 2.71 bits per heavy atom. The first-order valence-electron chi connectivity index (χ1n) is 7.66. The monoisotopic (exact) mass is 291 g/mol. The summed E-state index contributed by atoms with van der Waals surface area (Å²) in [6, 6.07) is 6.61. The molecule has 1 aliphatic heterocycles. The molecule has 4 heteroatoms. The van der Waals surface area contributed by atoms with Crippen molar-refractivity contribution in [2.75, 3.05) is 19.7 Å². The van der Waals surface area contributed by atoms with E-state index in [1.165, 1.54) is 16.7 Å². The molecule has 2 rings (SSSR count). The molecule has 0 saturated carbocycles. The zero-order valence-corrected chi connectivity index (χ0v) is 13.0. The Hall–Kier alpha value is -1.39. The van der Waals surface area contributed by atoms with Gasteiger partial charge in [-0.05, 0) is 37.8 Å². The maximum absolute atomic E-state index is 10.5. The molecule has 21 heavy (non-hydrogen) atoms. The van der Waals surface area contributed by atoms with E-state index in [0.717, 1.165) is 32.5 Å². The number of rotatable bonds is 6. The van der Waals surface area contributed by atoms with Crippen LogP contribution in [0.1, 0.15) is 36.0 Å². The second-order valence-corrected chi connectivity index (χ2v) is 5.92. The Morgan fingerprint density at radius 2 is 2.05 bits per heavy atom. The van der Waals surface area contributed by atoms with Gasteiger partial charge in [0.15, 0.2) is 0 Å². The van der Waals surface area contributed by atoms with Crippen LogP contribution in [0.4, 0.5) is 0 Å². The van der Waals surface area contributed by atoms with Gasteiger partial charge in [0.2, 0.25) is 0 Å². The molecule has 0 amide bonds. The standard InChI is InChI=1S/C17H25NO3/c1-13-3-4-14(2)15(11-13)12-18-8-5-16(6-9-18)21-10-7-17(19)20/h3-4,11,16H,5-10,12H2,1-2H3,(H,19,20). The molecule has 0 bridgehead atoms. The Balaban J connectivity index is 1.76. The number of piperidine rings is 1. The minimum Gasteiger partial charge on any atom is -0.481 e. The third kappa shape index (κ3) is 5.14. The summed E-state index contributed by atoms with van der Waals surface area (Å²) >= 11 is 0. The summed E-state index contributed by atoms with van der Waals surface area (Å²) in [6.07, 6.45) is 2.30. The molecule has 1 aromatic rings. The van der Waals surface area contributed by atoms with Crippen molar-refractivity contribution in [1.82, 2.24) is 4.90 Å². The van der Waals surface area contributed by atoms with E-state index in [-0.39, 0.29) is 12.5 Å². The van der Waals surface area contributed by atoms with Crippen molar-refractivity contribution < 1.29 is 14.6 Å². The molecule has 1 fully saturated rings. The highest BCUT2D eigenvalue weighted by Gasteiger charge is 2.20. The molecule has 0 spiro atoms. The molecule has 0 unspecified atom stereocenters. The van der Waals surface area contributed by atoms with Gasteiger partial charge < -0.3 is 9.84 Å². The number of hydrogen-bond acceptors (Lipinski definition) is 3. The molecule has 0 aromatic heterocycles. The highest BCUT2D eigenvalue weighted by Crippen LogP contribution is 2.19. The quantitative estimate of drug-likeness (QED) is 0.875. The van der Waals surface area contributed by atoms with Crippen LogP contribution in [0.25, 0.3) is 0 Å². The number of benzene rings is 1. The van der Waals surface area contributed by atoms with Crippen LogP contribution in [0.2, 0.25) is 0 Å². The number of nitrogens with zero attached hydrogens (tertiary/aromatic N) is 1. The largest absolute Gasteiger partial charge is 0.481 e. The average Bonchev–Trinajstić information content (AvgIpc) is 2.44. The molecule has 1 heterocycles. The van der Waals surface area contributed by atoms with Gasteiger partial charge in [0.05, 0.1) is 19.1 Å². The van der Waals surface area contributed by atoms with Gasteiger partial charge in [0.1, 0.15) is 0 Å². The topological polar surface area (TPSA) is 49.8 Å². The third-order valence-corrected chi connectivity index (χ3v) is 4.10. The minimum absolute atomic E-state index is 0.0999. The molecule has 116 valence electrons. The predicted octanol–water partition coefficient (Wildman–Crippen LogP) is 2.76. The van der Waals surface area contributed by atoms with Crippen LogP contribution in [0.5, 0.6) is 0 Å². The molecule has 1 aliphatic rings. The summed E-state index contributed by atoms with van der Waals surface area (Å²) in [4.78, 5) is 12.9. The summed E-state index contributed by atoms with van der Waals surface area (Å²) in [5, 5.41) is 8.61. The number of ether oxygens (including phenoxy) is 1. The van der Waals surface area contributed by atoms with E-state index in [2.05, 4.69) is 36.9 Å². The summed E-state index contributed by atoms with van der Waals surface area (Å²) in [5.74, 6) is -0.789. The van der Waals surface area contributed by atoms with Gasteiger partial charge in [0.25, 0.3) is 0 Å². The Morgan fingerprint density at radius 1 is 1.33 bits per heavy atom. The Kier molecular flexibility index (Phi) is 5.76. The lowest BCUT2D eigenvalue weighted by Gasteiger charge is -2.32. The molecule has 1 aromatic carbocycles. The highest BCUT2D eigenvalue weighted by molar-refractivity contribution is 5.66. The van der Waals surface area contributed by atoms with Crippen molar-refractivity contribution in [3.05, 3.63) is 34.9 Å². The summed E-state index contributed by atoms with van der Waals surface area (Å²) in [6.45, 7) is 7.66. The molecule has 1 N–H and O–H groups in total. The first-order valence-corrected chi connectivity index (χ1v) is 7.66. The van der Waals surface area contributed by atoms with Crippen LogP contribution in [0.3, 0.4) is 0 Å². The van der Waals surface area contributed by atoms with E-state index >= 15 is 0 Å². The molecule has 1 saturated heterocycles. The van der Waals surface area contributed by atoms with Gasteiger partial charge in [-0.25, -0.2) is 0 Å². The second-order valence-electron chi connectivity index (χ2n) is 5.92. The number of aryl methyl sites for hydroxylation is 2. The number of hydrogen-bond donors (Lipinski definition) is 1. The van der Waals surface area contributed by atoms with Crippen LogP contribution in [-0.2, 0) is 16.1 Å². The van der Waals surface area contributed by atoms with Gasteiger partial charge in [0, 0.05) is 19.6 Å². The molecule has 0 atom stereocenters. The smallest absolute Gasteiger partial charge is 0.305 e. The molecule has 4 nitrogen and oxygen atoms in total. The van der Waals surface area contributed by atoms with Gasteiger partial charge in [-0.2, -0.15) is 0 Å². The van der Waals surface area contributed by atoms with Crippen LogP contribution < -0.4 is 0 Å². The number of aliphatic carboxylic acids is 1. The summed E-state index contributed by atoms with van der Waals surface area (Å²) in [5.41, 5.74) is 4.06. The number of carboxylic acids is 1. The average molecular weight is 291 g/mol. The maximum Gasteiger partial charge on any atom is 0.305 e. The number of carboxylic acid groups (broad SMARTS) is 1. The maximum atomic E-state index is 10.5. The first-order chi connectivity index (χ1) is 10.0. The lowest BCUT2D eigenvalue weighted by Crippen LogP contribution is -2.37.